The van der Waals surface area contributed by atoms with Crippen LogP contribution in [0.1, 0.15) is 18.9 Å². The largest absolute Gasteiger partial charge is 0.378 e. The van der Waals surface area contributed by atoms with Gasteiger partial charge in [0.25, 0.3) is 0 Å². The Morgan fingerprint density at radius 2 is 2.24 bits per heavy atom. The van der Waals surface area contributed by atoms with Gasteiger partial charge >= 0.3 is 0 Å². The van der Waals surface area contributed by atoms with Crippen LogP contribution in [0.3, 0.4) is 0 Å². The molecule has 2 atom stereocenters. The number of carbonyl (C=O) groups excluding carboxylic acids is 1. The van der Waals surface area contributed by atoms with Gasteiger partial charge in [0, 0.05) is 22.4 Å². The van der Waals surface area contributed by atoms with Crippen LogP contribution in [-0.4, -0.2) is 18.5 Å². The van der Waals surface area contributed by atoms with Crippen molar-refractivity contribution in [1.29, 1.82) is 0 Å². The van der Waals surface area contributed by atoms with Crippen LogP contribution in [-0.2, 0) is 16.0 Å². The molecule has 0 bridgehead atoms. The third-order valence-electron chi connectivity index (χ3n) is 3.03. The second-order valence-corrected chi connectivity index (χ2v) is 5.30. The fraction of sp³-hybridized carbons (Fsp3) is 0.462. The van der Waals surface area contributed by atoms with Gasteiger partial charge in [-0.15, -0.1) is 0 Å². The van der Waals surface area contributed by atoms with Crippen LogP contribution in [0.4, 0.5) is 0 Å². The first-order valence-electron chi connectivity index (χ1n) is 5.64. The molecule has 0 radical (unpaired) electrons. The highest BCUT2D eigenvalue weighted by atomic mass is 35.5. The first-order chi connectivity index (χ1) is 8.06. The second kappa shape index (κ2) is 5.38. The van der Waals surface area contributed by atoms with E-state index >= 15 is 0 Å². The molecule has 2 unspecified atom stereocenters. The van der Waals surface area contributed by atoms with E-state index in [1.807, 2.05) is 13.0 Å². The number of ether oxygens (including phenoxy) is 1. The molecule has 1 aromatic rings. The summed E-state index contributed by atoms with van der Waals surface area (Å²) in [6, 6.07) is 5.23. The van der Waals surface area contributed by atoms with Gasteiger partial charge in [-0.05, 0) is 31.0 Å². The molecular formula is C13H14Cl2O2. The zero-order valence-electron chi connectivity index (χ0n) is 9.58. The van der Waals surface area contributed by atoms with Crippen molar-refractivity contribution in [2.45, 2.75) is 25.9 Å². The van der Waals surface area contributed by atoms with Crippen molar-refractivity contribution in [2.24, 2.45) is 5.92 Å². The molecule has 0 N–H and O–H groups in total. The van der Waals surface area contributed by atoms with E-state index in [0.717, 1.165) is 12.0 Å². The van der Waals surface area contributed by atoms with E-state index in [9.17, 15) is 4.79 Å². The molecule has 0 saturated carbocycles. The lowest BCUT2D eigenvalue weighted by Gasteiger charge is -2.08. The number of hydrogen-bond acceptors (Lipinski definition) is 2. The summed E-state index contributed by atoms with van der Waals surface area (Å²) in [5.41, 5.74) is 0.834. The zero-order valence-corrected chi connectivity index (χ0v) is 11.1. The molecule has 2 nitrogen and oxygen atoms in total. The molecule has 1 fully saturated rings. The zero-order chi connectivity index (χ0) is 12.4. The van der Waals surface area contributed by atoms with Crippen LogP contribution in [0.15, 0.2) is 18.2 Å². The fourth-order valence-corrected chi connectivity index (χ4v) is 2.51. The molecular weight excluding hydrogens is 259 g/mol. The first-order valence-corrected chi connectivity index (χ1v) is 6.40. The van der Waals surface area contributed by atoms with Crippen molar-refractivity contribution in [2.75, 3.05) is 6.61 Å². The van der Waals surface area contributed by atoms with Gasteiger partial charge in [-0.2, -0.15) is 0 Å². The Balaban J connectivity index is 2.03. The monoisotopic (exact) mass is 272 g/mol. The van der Waals surface area contributed by atoms with Crippen molar-refractivity contribution < 1.29 is 9.53 Å². The lowest BCUT2D eigenvalue weighted by atomic mass is 9.96. The molecule has 2 rings (SSSR count). The number of benzene rings is 1. The molecule has 0 aromatic heterocycles. The highest BCUT2D eigenvalue weighted by molar-refractivity contribution is 6.35. The van der Waals surface area contributed by atoms with Crippen molar-refractivity contribution in [3.8, 4) is 0 Å². The predicted molar refractivity (Wildman–Crippen MR) is 68.7 cm³/mol. The maximum Gasteiger partial charge on any atom is 0.142 e. The van der Waals surface area contributed by atoms with Crippen molar-refractivity contribution >= 4 is 29.0 Å². The standard InChI is InChI=1S/C13H14Cl2O2/c1-8-4-10(7-17-8)13(16)5-9-2-3-11(14)6-12(9)15/h2-3,6,8,10H,4-5,7H2,1H3. The van der Waals surface area contributed by atoms with Crippen molar-refractivity contribution in [3.05, 3.63) is 33.8 Å². The molecule has 1 saturated heterocycles. The number of ketones is 1. The van der Waals surface area contributed by atoms with E-state index in [1.54, 1.807) is 12.1 Å². The van der Waals surface area contributed by atoms with Gasteiger partial charge in [-0.25, -0.2) is 0 Å². The summed E-state index contributed by atoms with van der Waals surface area (Å²) in [7, 11) is 0. The van der Waals surface area contributed by atoms with Crippen LogP contribution < -0.4 is 0 Å². The van der Waals surface area contributed by atoms with Crippen LogP contribution >= 0.6 is 23.2 Å². The van der Waals surface area contributed by atoms with E-state index in [1.165, 1.54) is 0 Å². The highest BCUT2D eigenvalue weighted by Gasteiger charge is 2.28. The van der Waals surface area contributed by atoms with Gasteiger partial charge in [0.2, 0.25) is 0 Å². The Kier molecular flexibility index (Phi) is 4.08. The summed E-state index contributed by atoms with van der Waals surface area (Å²) in [6.07, 6.45) is 1.35. The van der Waals surface area contributed by atoms with Gasteiger partial charge in [0.15, 0.2) is 0 Å². The minimum atomic E-state index is 0.0109. The van der Waals surface area contributed by atoms with Gasteiger partial charge in [-0.1, -0.05) is 29.3 Å². The maximum absolute atomic E-state index is 12.0. The topological polar surface area (TPSA) is 26.3 Å². The Morgan fingerprint density at radius 3 is 2.82 bits per heavy atom. The summed E-state index contributed by atoms with van der Waals surface area (Å²) in [4.78, 5) is 12.0. The highest BCUT2D eigenvalue weighted by Crippen LogP contribution is 2.25. The lowest BCUT2D eigenvalue weighted by Crippen LogP contribution is -2.17. The van der Waals surface area contributed by atoms with E-state index < -0.39 is 0 Å². The lowest BCUT2D eigenvalue weighted by molar-refractivity contribution is -0.122. The summed E-state index contributed by atoms with van der Waals surface area (Å²) in [5, 5.41) is 1.14. The second-order valence-electron chi connectivity index (χ2n) is 4.46. The van der Waals surface area contributed by atoms with Gasteiger partial charge in [0.1, 0.15) is 5.78 Å². The maximum atomic E-state index is 12.0. The summed E-state index contributed by atoms with van der Waals surface area (Å²) >= 11 is 11.9. The third-order valence-corrected chi connectivity index (χ3v) is 3.62. The molecule has 17 heavy (non-hydrogen) atoms. The van der Waals surface area contributed by atoms with Crippen molar-refractivity contribution in [3.63, 3.8) is 0 Å². The SMILES string of the molecule is CC1CC(C(=O)Cc2ccc(Cl)cc2Cl)CO1. The molecule has 1 heterocycles. The fourth-order valence-electron chi connectivity index (χ4n) is 2.04. The van der Waals surface area contributed by atoms with Crippen LogP contribution in [0.25, 0.3) is 0 Å². The third kappa shape index (κ3) is 3.21. The molecule has 0 spiro atoms. The quantitative estimate of drug-likeness (QED) is 0.842. The Bertz CT molecular complexity index is 431. The van der Waals surface area contributed by atoms with Gasteiger partial charge in [-0.3, -0.25) is 4.79 Å². The Morgan fingerprint density at radius 1 is 1.47 bits per heavy atom. The van der Waals surface area contributed by atoms with E-state index in [2.05, 4.69) is 0 Å². The average molecular weight is 273 g/mol. The Labute approximate surface area is 111 Å². The summed E-state index contributed by atoms with van der Waals surface area (Å²) in [6.45, 7) is 2.52. The average Bonchev–Trinajstić information content (AvgIpc) is 2.69. The van der Waals surface area contributed by atoms with Crippen LogP contribution in [0.2, 0.25) is 10.0 Å². The first kappa shape index (κ1) is 12.9. The number of Topliss-reactive ketones (excluding diaryl/α,β-unsaturated/α-hetero) is 1. The molecule has 0 aliphatic carbocycles. The summed E-state index contributed by atoms with van der Waals surface area (Å²) in [5.74, 6) is 0.204. The predicted octanol–water partition coefficient (Wildman–Crippen LogP) is 3.53. The minimum absolute atomic E-state index is 0.0109. The number of carbonyl (C=O) groups is 1. The Hall–Kier alpha value is -0.570. The van der Waals surface area contributed by atoms with E-state index in [0.29, 0.717) is 23.1 Å². The number of rotatable bonds is 3. The number of halogens is 2. The summed E-state index contributed by atoms with van der Waals surface area (Å²) < 4.78 is 5.40. The molecule has 92 valence electrons. The molecule has 1 aromatic carbocycles. The minimum Gasteiger partial charge on any atom is -0.378 e. The number of hydrogen-bond donors (Lipinski definition) is 0. The normalized spacial score (nSPS) is 23.9. The molecule has 1 aliphatic heterocycles. The molecule has 0 amide bonds. The van der Waals surface area contributed by atoms with Crippen molar-refractivity contribution in [1.82, 2.24) is 0 Å². The van der Waals surface area contributed by atoms with Crippen LogP contribution in [0, 0.1) is 5.92 Å². The van der Waals surface area contributed by atoms with E-state index in [-0.39, 0.29) is 17.8 Å². The van der Waals surface area contributed by atoms with Gasteiger partial charge in [0.05, 0.1) is 12.7 Å². The van der Waals surface area contributed by atoms with Crippen LogP contribution in [0.5, 0.6) is 0 Å². The van der Waals surface area contributed by atoms with Gasteiger partial charge < -0.3 is 4.74 Å². The van der Waals surface area contributed by atoms with E-state index in [4.69, 9.17) is 27.9 Å². The molecule has 1 aliphatic rings. The smallest absolute Gasteiger partial charge is 0.142 e. The molecule has 4 heteroatoms.